The van der Waals surface area contributed by atoms with Crippen molar-refractivity contribution >= 4 is 22.9 Å². The minimum absolute atomic E-state index is 0.686. The van der Waals surface area contributed by atoms with Crippen LogP contribution < -0.4 is 0 Å². The lowest BCUT2D eigenvalue weighted by molar-refractivity contribution is 0.314. The van der Waals surface area contributed by atoms with Gasteiger partial charge in [-0.3, -0.25) is 4.90 Å². The predicted molar refractivity (Wildman–Crippen MR) is 139 cm³/mol. The van der Waals surface area contributed by atoms with E-state index in [1.807, 2.05) is 41.1 Å². The van der Waals surface area contributed by atoms with Gasteiger partial charge >= 0.3 is 0 Å². The number of thiophene rings is 1. The third-order valence-corrected chi connectivity index (χ3v) is 6.96. The topological polar surface area (TPSA) is 21.1 Å². The van der Waals surface area contributed by atoms with Gasteiger partial charge in [0.1, 0.15) is 0 Å². The second-order valence-corrected chi connectivity index (χ2v) is 9.56. The van der Waals surface area contributed by atoms with Gasteiger partial charge in [0, 0.05) is 18.0 Å². The number of hydrogen-bond donors (Lipinski definition) is 0. The highest BCUT2D eigenvalue weighted by Crippen LogP contribution is 2.36. The smallest absolute Gasteiger partial charge is 0.0844 e. The third-order valence-electron chi connectivity index (χ3n) is 5.48. The van der Waals surface area contributed by atoms with E-state index in [-0.39, 0.29) is 0 Å². The molecule has 0 saturated carbocycles. The molecule has 0 aliphatic heterocycles. The molecule has 2 aromatic heterocycles. The second kappa shape index (κ2) is 9.75. The summed E-state index contributed by atoms with van der Waals surface area (Å²) in [5.74, 6) is 0. The molecule has 0 amide bonds. The van der Waals surface area contributed by atoms with Crippen molar-refractivity contribution in [2.24, 2.45) is 0 Å². The minimum atomic E-state index is 0.686. The molecule has 0 bridgehead atoms. The van der Waals surface area contributed by atoms with Gasteiger partial charge < -0.3 is 0 Å². The monoisotopic (exact) mass is 469 g/mol. The fourth-order valence-electron chi connectivity index (χ4n) is 3.95. The van der Waals surface area contributed by atoms with Crippen LogP contribution in [-0.4, -0.2) is 21.7 Å². The summed E-state index contributed by atoms with van der Waals surface area (Å²) in [6.45, 7) is 1.61. The Morgan fingerprint density at radius 3 is 2.21 bits per heavy atom. The van der Waals surface area contributed by atoms with Crippen molar-refractivity contribution in [1.82, 2.24) is 14.7 Å². The molecule has 0 saturated heterocycles. The molecule has 0 spiro atoms. The van der Waals surface area contributed by atoms with Crippen LogP contribution in [0.2, 0.25) is 5.02 Å². The number of aromatic nitrogens is 2. The maximum absolute atomic E-state index is 6.57. The highest BCUT2D eigenvalue weighted by atomic mass is 35.5. The highest BCUT2D eigenvalue weighted by Gasteiger charge is 2.17. The molecule has 0 N–H and O–H groups in total. The van der Waals surface area contributed by atoms with Crippen LogP contribution in [0, 0.1) is 0 Å². The normalized spacial score (nSPS) is 11.2. The van der Waals surface area contributed by atoms with Crippen molar-refractivity contribution in [2.75, 3.05) is 7.05 Å². The molecule has 0 fully saturated rings. The van der Waals surface area contributed by atoms with Crippen molar-refractivity contribution in [3.63, 3.8) is 0 Å². The molecular formula is C28H24ClN3S. The van der Waals surface area contributed by atoms with Gasteiger partial charge in [-0.05, 0) is 48.5 Å². The summed E-state index contributed by atoms with van der Waals surface area (Å²) in [5, 5.41) is 5.66. The van der Waals surface area contributed by atoms with Crippen molar-refractivity contribution < 1.29 is 0 Å². The van der Waals surface area contributed by atoms with E-state index in [9.17, 15) is 0 Å². The molecule has 5 heteroatoms. The molecular weight excluding hydrogens is 446 g/mol. The first kappa shape index (κ1) is 21.7. The second-order valence-electron chi connectivity index (χ2n) is 8.07. The van der Waals surface area contributed by atoms with Crippen LogP contribution in [0.15, 0.2) is 103 Å². The molecule has 3 aromatic carbocycles. The van der Waals surface area contributed by atoms with E-state index >= 15 is 0 Å². The minimum Gasteiger partial charge on any atom is -0.296 e. The van der Waals surface area contributed by atoms with Crippen LogP contribution >= 0.6 is 22.9 Å². The van der Waals surface area contributed by atoms with Crippen molar-refractivity contribution in [3.8, 4) is 26.7 Å². The average molecular weight is 470 g/mol. The Balaban J connectivity index is 1.49. The Bertz CT molecular complexity index is 1340. The highest BCUT2D eigenvalue weighted by molar-refractivity contribution is 7.18. The number of rotatable bonds is 7. The summed E-state index contributed by atoms with van der Waals surface area (Å²) in [4.78, 5) is 4.68. The molecule has 33 heavy (non-hydrogen) atoms. The number of para-hydroxylation sites is 1. The van der Waals surface area contributed by atoms with Crippen LogP contribution in [-0.2, 0) is 13.1 Å². The van der Waals surface area contributed by atoms with Gasteiger partial charge in [-0.25, -0.2) is 4.68 Å². The predicted octanol–water partition coefficient (Wildman–Crippen LogP) is 7.55. The molecule has 0 unspecified atom stereocenters. The van der Waals surface area contributed by atoms with Crippen molar-refractivity contribution in [1.29, 1.82) is 0 Å². The Labute approximate surface area is 203 Å². The van der Waals surface area contributed by atoms with Crippen molar-refractivity contribution in [2.45, 2.75) is 13.1 Å². The Morgan fingerprint density at radius 2 is 1.45 bits per heavy atom. The number of benzene rings is 3. The molecule has 0 atom stereocenters. The molecule has 5 rings (SSSR count). The first-order valence-electron chi connectivity index (χ1n) is 10.9. The van der Waals surface area contributed by atoms with E-state index in [0.29, 0.717) is 5.02 Å². The zero-order valence-corrected chi connectivity index (χ0v) is 19.9. The molecule has 2 heterocycles. The lowest BCUT2D eigenvalue weighted by atomic mass is 10.2. The first-order valence-corrected chi connectivity index (χ1v) is 12.1. The SMILES string of the molecule is CN(Cc1ccccc1)Cc1cc(-c2ccc(-c3ccccc3)s2)n(-c2ccccc2Cl)n1. The van der Waals surface area contributed by atoms with Gasteiger partial charge in [0.05, 0.1) is 27.0 Å². The average Bonchev–Trinajstić information content (AvgIpc) is 3.48. The third kappa shape index (κ3) is 4.93. The number of nitrogens with zero attached hydrogens (tertiary/aromatic N) is 3. The summed E-state index contributed by atoms with van der Waals surface area (Å²) in [6.07, 6.45) is 0. The fraction of sp³-hybridized carbons (Fsp3) is 0.107. The first-order chi connectivity index (χ1) is 16.2. The van der Waals surface area contributed by atoms with E-state index < -0.39 is 0 Å². The van der Waals surface area contributed by atoms with Gasteiger partial charge in [0.15, 0.2) is 0 Å². The lowest BCUT2D eigenvalue weighted by Crippen LogP contribution is -2.17. The maximum atomic E-state index is 6.57. The number of hydrogen-bond acceptors (Lipinski definition) is 3. The van der Waals surface area contributed by atoms with E-state index in [2.05, 4.69) is 78.7 Å². The quantitative estimate of drug-likeness (QED) is 0.245. The van der Waals surface area contributed by atoms with Gasteiger partial charge in [-0.15, -0.1) is 11.3 Å². The molecule has 3 nitrogen and oxygen atoms in total. The zero-order valence-electron chi connectivity index (χ0n) is 18.4. The van der Waals surface area contributed by atoms with E-state index in [1.54, 1.807) is 11.3 Å². The van der Waals surface area contributed by atoms with Gasteiger partial charge in [0.25, 0.3) is 0 Å². The standard InChI is InChI=1S/C28H24ClN3S/c1-31(19-21-10-4-2-5-11-21)20-23-18-26(32(30-23)25-15-9-8-14-24(25)29)28-17-16-27(33-28)22-12-6-3-7-13-22/h2-18H,19-20H2,1H3. The summed E-state index contributed by atoms with van der Waals surface area (Å²) < 4.78 is 1.98. The maximum Gasteiger partial charge on any atom is 0.0844 e. The summed E-state index contributed by atoms with van der Waals surface area (Å²) in [5.41, 5.74) is 5.47. The molecule has 164 valence electrons. The zero-order chi connectivity index (χ0) is 22.6. The van der Waals surface area contributed by atoms with E-state index in [4.69, 9.17) is 16.7 Å². The lowest BCUT2D eigenvalue weighted by Gasteiger charge is -2.15. The molecule has 0 radical (unpaired) electrons. The number of halogens is 1. The Hall–Kier alpha value is -3.18. The molecule has 0 aliphatic rings. The van der Waals surface area contributed by atoms with E-state index in [1.165, 1.54) is 20.9 Å². The van der Waals surface area contributed by atoms with Gasteiger partial charge in [0.2, 0.25) is 0 Å². The molecule has 5 aromatic rings. The summed E-state index contributed by atoms with van der Waals surface area (Å²) >= 11 is 8.34. The van der Waals surface area contributed by atoms with Crippen LogP contribution in [0.25, 0.3) is 26.7 Å². The summed E-state index contributed by atoms with van der Waals surface area (Å²) in [6, 6.07) is 35.4. The summed E-state index contributed by atoms with van der Waals surface area (Å²) in [7, 11) is 2.12. The Morgan fingerprint density at radius 1 is 0.788 bits per heavy atom. The largest absolute Gasteiger partial charge is 0.296 e. The van der Waals surface area contributed by atoms with Gasteiger partial charge in [-0.2, -0.15) is 5.10 Å². The van der Waals surface area contributed by atoms with Crippen LogP contribution in [0.5, 0.6) is 0 Å². The van der Waals surface area contributed by atoms with Crippen LogP contribution in [0.3, 0.4) is 0 Å². The van der Waals surface area contributed by atoms with Crippen molar-refractivity contribution in [3.05, 3.63) is 119 Å². The molecule has 0 aliphatic carbocycles. The Kier molecular flexibility index (Phi) is 6.40. The van der Waals surface area contributed by atoms with Gasteiger partial charge in [-0.1, -0.05) is 84.4 Å². The fourth-order valence-corrected chi connectivity index (χ4v) is 5.18. The van der Waals surface area contributed by atoms with Crippen LogP contribution in [0.1, 0.15) is 11.3 Å². The van der Waals surface area contributed by atoms with E-state index in [0.717, 1.165) is 30.2 Å². The van der Waals surface area contributed by atoms with Crippen LogP contribution in [0.4, 0.5) is 0 Å².